The lowest BCUT2D eigenvalue weighted by molar-refractivity contribution is -0.113. The second-order valence-electron chi connectivity index (χ2n) is 2.91. The number of nitrogens with zero attached hydrogens (tertiary/aromatic N) is 1. The van der Waals surface area contributed by atoms with E-state index < -0.39 is 6.23 Å². The monoisotopic (exact) mass is 179 g/mol. The Labute approximate surface area is 75.3 Å². The van der Waals surface area contributed by atoms with E-state index in [9.17, 15) is 4.79 Å². The summed E-state index contributed by atoms with van der Waals surface area (Å²) in [5.74, 6) is 0.679. The Morgan fingerprint density at radius 1 is 1.62 bits per heavy atom. The van der Waals surface area contributed by atoms with Crippen molar-refractivity contribution in [2.24, 2.45) is 0 Å². The van der Waals surface area contributed by atoms with E-state index >= 15 is 0 Å². The zero-order valence-corrected chi connectivity index (χ0v) is 7.10. The van der Waals surface area contributed by atoms with Crippen molar-refractivity contribution in [3.8, 4) is 11.5 Å². The number of aromatic hydroxyl groups is 1. The molecule has 0 amide bonds. The molecular formula is C9H9NO3. The number of carbonyl (C=O) groups excluding carboxylic acids is 1. The van der Waals surface area contributed by atoms with E-state index in [1.54, 1.807) is 24.1 Å². The molecule has 4 heteroatoms. The van der Waals surface area contributed by atoms with Gasteiger partial charge in [0.25, 0.3) is 0 Å². The summed E-state index contributed by atoms with van der Waals surface area (Å²) < 4.78 is 5.25. The van der Waals surface area contributed by atoms with E-state index in [0.717, 1.165) is 12.0 Å². The zero-order valence-electron chi connectivity index (χ0n) is 7.10. The predicted octanol–water partition coefficient (Wildman–Crippen LogP) is 0.746. The number of hydrogen-bond donors (Lipinski definition) is 1. The van der Waals surface area contributed by atoms with Gasteiger partial charge in [-0.3, -0.25) is 4.79 Å². The van der Waals surface area contributed by atoms with Crippen molar-refractivity contribution in [3.05, 3.63) is 18.2 Å². The van der Waals surface area contributed by atoms with Gasteiger partial charge in [-0.15, -0.1) is 0 Å². The summed E-state index contributed by atoms with van der Waals surface area (Å²) in [7, 11) is 1.77. The van der Waals surface area contributed by atoms with Gasteiger partial charge >= 0.3 is 0 Å². The lowest BCUT2D eigenvalue weighted by Crippen LogP contribution is -2.31. The van der Waals surface area contributed by atoms with Gasteiger partial charge in [0.05, 0.1) is 5.69 Å². The van der Waals surface area contributed by atoms with Crippen molar-refractivity contribution in [1.29, 1.82) is 0 Å². The molecule has 68 valence electrons. The van der Waals surface area contributed by atoms with Crippen LogP contribution in [-0.2, 0) is 4.79 Å². The van der Waals surface area contributed by atoms with Crippen LogP contribution in [0.4, 0.5) is 5.69 Å². The maximum atomic E-state index is 10.5. The van der Waals surface area contributed by atoms with Crippen LogP contribution in [0.1, 0.15) is 0 Å². The van der Waals surface area contributed by atoms with E-state index in [2.05, 4.69) is 0 Å². The van der Waals surface area contributed by atoms with Crippen molar-refractivity contribution in [2.45, 2.75) is 6.23 Å². The predicted molar refractivity (Wildman–Crippen MR) is 47.0 cm³/mol. The van der Waals surface area contributed by atoms with E-state index in [1.807, 2.05) is 0 Å². The summed E-state index contributed by atoms with van der Waals surface area (Å²) in [5, 5.41) is 9.15. The van der Waals surface area contributed by atoms with Gasteiger partial charge in [-0.1, -0.05) is 0 Å². The Balaban J connectivity index is 2.43. The average Bonchev–Trinajstić information content (AvgIpc) is 2.42. The Bertz CT molecular complexity index is 351. The molecule has 13 heavy (non-hydrogen) atoms. The Morgan fingerprint density at radius 3 is 3.08 bits per heavy atom. The maximum absolute atomic E-state index is 10.5. The third-order valence-corrected chi connectivity index (χ3v) is 2.07. The summed E-state index contributed by atoms with van der Waals surface area (Å²) in [5.41, 5.74) is 0.815. The number of fused-ring (bicyclic) bond motifs is 1. The molecule has 0 fully saturated rings. The molecule has 1 aliphatic heterocycles. The number of aldehydes is 1. The molecule has 0 aromatic heterocycles. The summed E-state index contributed by atoms with van der Waals surface area (Å²) in [6.07, 6.45) is 0.147. The third-order valence-electron chi connectivity index (χ3n) is 2.07. The summed E-state index contributed by atoms with van der Waals surface area (Å²) in [6.45, 7) is 0. The molecular weight excluding hydrogens is 170 g/mol. The summed E-state index contributed by atoms with van der Waals surface area (Å²) in [4.78, 5) is 12.3. The molecule has 0 aliphatic carbocycles. The first-order valence-corrected chi connectivity index (χ1v) is 3.90. The van der Waals surface area contributed by atoms with Crippen LogP contribution in [0.25, 0.3) is 0 Å². The number of ether oxygens (including phenoxy) is 1. The highest BCUT2D eigenvalue weighted by Gasteiger charge is 2.27. The first-order valence-electron chi connectivity index (χ1n) is 3.90. The molecule has 0 spiro atoms. The van der Waals surface area contributed by atoms with E-state index in [1.165, 1.54) is 6.07 Å². The first-order chi connectivity index (χ1) is 6.22. The fourth-order valence-corrected chi connectivity index (χ4v) is 1.35. The third kappa shape index (κ3) is 1.11. The first kappa shape index (κ1) is 7.91. The van der Waals surface area contributed by atoms with Gasteiger partial charge in [0.2, 0.25) is 6.23 Å². The Morgan fingerprint density at radius 2 is 2.38 bits per heavy atom. The van der Waals surface area contributed by atoms with E-state index in [0.29, 0.717) is 5.75 Å². The summed E-state index contributed by atoms with van der Waals surface area (Å²) in [6, 6.07) is 4.77. The maximum Gasteiger partial charge on any atom is 0.228 e. The van der Waals surface area contributed by atoms with Gasteiger partial charge < -0.3 is 14.7 Å². The lowest BCUT2D eigenvalue weighted by atomic mass is 10.3. The normalized spacial score (nSPS) is 19.5. The highest BCUT2D eigenvalue weighted by atomic mass is 16.5. The van der Waals surface area contributed by atoms with E-state index in [4.69, 9.17) is 9.84 Å². The highest BCUT2D eigenvalue weighted by molar-refractivity contribution is 5.73. The van der Waals surface area contributed by atoms with Crippen LogP contribution >= 0.6 is 0 Å². The van der Waals surface area contributed by atoms with Gasteiger partial charge in [-0.2, -0.15) is 0 Å². The van der Waals surface area contributed by atoms with Gasteiger partial charge in [0, 0.05) is 13.1 Å². The minimum absolute atomic E-state index is 0.138. The van der Waals surface area contributed by atoms with Crippen LogP contribution in [0.3, 0.4) is 0 Å². The number of hydrogen-bond acceptors (Lipinski definition) is 4. The van der Waals surface area contributed by atoms with Crippen LogP contribution < -0.4 is 9.64 Å². The lowest BCUT2D eigenvalue weighted by Gasteiger charge is -2.13. The average molecular weight is 179 g/mol. The van der Waals surface area contributed by atoms with Crippen LogP contribution in [0.2, 0.25) is 0 Å². The molecule has 1 unspecified atom stereocenters. The van der Waals surface area contributed by atoms with Crippen molar-refractivity contribution in [2.75, 3.05) is 11.9 Å². The quantitative estimate of drug-likeness (QED) is 0.646. The Hall–Kier alpha value is -1.71. The van der Waals surface area contributed by atoms with Crippen molar-refractivity contribution >= 4 is 12.0 Å². The molecule has 1 heterocycles. The molecule has 4 nitrogen and oxygen atoms in total. The van der Waals surface area contributed by atoms with Crippen LogP contribution in [0.5, 0.6) is 11.5 Å². The standard InChI is InChI=1S/C9H9NO3/c1-10-7-3-2-6(12)4-8(7)13-9(10)5-11/h2-5,9,12H,1H3. The minimum Gasteiger partial charge on any atom is -0.508 e. The van der Waals surface area contributed by atoms with Crippen molar-refractivity contribution < 1.29 is 14.6 Å². The molecule has 1 aliphatic rings. The van der Waals surface area contributed by atoms with Crippen LogP contribution in [0, 0.1) is 0 Å². The molecule has 1 N–H and O–H groups in total. The van der Waals surface area contributed by atoms with Crippen LogP contribution in [0.15, 0.2) is 18.2 Å². The van der Waals surface area contributed by atoms with Gasteiger partial charge in [-0.25, -0.2) is 0 Å². The second kappa shape index (κ2) is 2.65. The molecule has 1 aromatic carbocycles. The number of likely N-dealkylation sites (N-methyl/N-ethyl adjacent to an activating group) is 1. The van der Waals surface area contributed by atoms with Crippen molar-refractivity contribution in [3.63, 3.8) is 0 Å². The zero-order chi connectivity index (χ0) is 9.42. The smallest absolute Gasteiger partial charge is 0.228 e. The number of benzene rings is 1. The number of carbonyl (C=O) groups is 1. The van der Waals surface area contributed by atoms with Crippen LogP contribution in [-0.4, -0.2) is 24.7 Å². The van der Waals surface area contributed by atoms with Gasteiger partial charge in [-0.05, 0) is 12.1 Å². The molecule has 0 radical (unpaired) electrons. The van der Waals surface area contributed by atoms with Gasteiger partial charge in [0.1, 0.15) is 11.5 Å². The van der Waals surface area contributed by atoms with E-state index in [-0.39, 0.29) is 5.75 Å². The molecule has 1 atom stereocenters. The molecule has 1 aromatic rings. The molecule has 0 saturated heterocycles. The Kier molecular flexibility index (Phi) is 1.62. The second-order valence-corrected chi connectivity index (χ2v) is 2.91. The molecule has 2 rings (SSSR count). The fourth-order valence-electron chi connectivity index (χ4n) is 1.35. The number of anilines is 1. The number of phenols is 1. The largest absolute Gasteiger partial charge is 0.508 e. The number of phenolic OH excluding ortho intramolecular Hbond substituents is 1. The summed E-state index contributed by atoms with van der Waals surface area (Å²) >= 11 is 0. The SMILES string of the molecule is CN1c2ccc(O)cc2OC1C=O. The highest BCUT2D eigenvalue weighted by Crippen LogP contribution is 2.37. The van der Waals surface area contributed by atoms with Crippen molar-refractivity contribution in [1.82, 2.24) is 0 Å². The topological polar surface area (TPSA) is 49.8 Å². The molecule has 0 saturated carbocycles. The number of rotatable bonds is 1. The van der Waals surface area contributed by atoms with Gasteiger partial charge in [0.15, 0.2) is 6.29 Å². The fraction of sp³-hybridized carbons (Fsp3) is 0.222. The minimum atomic E-state index is -0.572. The molecule has 0 bridgehead atoms.